The molecule has 0 aromatic rings. The summed E-state index contributed by atoms with van der Waals surface area (Å²) in [5.74, 6) is 0.545. The highest BCUT2D eigenvalue weighted by molar-refractivity contribution is 8.00. The summed E-state index contributed by atoms with van der Waals surface area (Å²) in [5, 5.41) is 9.42. The van der Waals surface area contributed by atoms with Crippen LogP contribution in [-0.4, -0.2) is 56.7 Å². The van der Waals surface area contributed by atoms with Gasteiger partial charge in [0.2, 0.25) is 0 Å². The van der Waals surface area contributed by atoms with Crippen LogP contribution in [0, 0.1) is 11.8 Å². The zero-order valence-electron chi connectivity index (χ0n) is 12.7. The smallest absolute Gasteiger partial charge is 0.327 e. The summed E-state index contributed by atoms with van der Waals surface area (Å²) in [7, 11) is 0. The Labute approximate surface area is 130 Å². The van der Waals surface area contributed by atoms with E-state index < -0.39 is 12.0 Å². The maximum absolute atomic E-state index is 13.0. The lowest BCUT2D eigenvalue weighted by Crippen LogP contribution is -2.53. The molecule has 0 aromatic heterocycles. The van der Waals surface area contributed by atoms with Crippen molar-refractivity contribution in [3.8, 4) is 0 Å². The quantitative estimate of drug-likeness (QED) is 0.847. The van der Waals surface area contributed by atoms with Crippen molar-refractivity contribution in [2.75, 3.05) is 12.3 Å². The summed E-state index contributed by atoms with van der Waals surface area (Å²) in [6.07, 6.45) is 4.56. The molecule has 3 aliphatic rings. The molecule has 1 N–H and O–H groups in total. The van der Waals surface area contributed by atoms with E-state index >= 15 is 0 Å². The second-order valence-electron chi connectivity index (χ2n) is 6.84. The molecule has 2 amide bonds. The van der Waals surface area contributed by atoms with E-state index in [9.17, 15) is 14.7 Å². The van der Waals surface area contributed by atoms with E-state index in [1.807, 2.05) is 4.90 Å². The van der Waals surface area contributed by atoms with Crippen molar-refractivity contribution >= 4 is 23.8 Å². The number of carboxylic acid groups (broad SMARTS) is 1. The van der Waals surface area contributed by atoms with Gasteiger partial charge in [0.15, 0.2) is 0 Å². The Hall–Kier alpha value is -0.910. The van der Waals surface area contributed by atoms with Gasteiger partial charge in [0.1, 0.15) is 6.04 Å². The molecule has 5 nitrogen and oxygen atoms in total. The van der Waals surface area contributed by atoms with Crippen LogP contribution in [0.4, 0.5) is 4.79 Å². The first-order valence-corrected chi connectivity index (χ1v) is 8.97. The standard InChI is InChI=1S/C15H24N2O3S/c1-9(2)13-17(12(8-21-13)14(18)19)15(20)16(11-5-6-11)7-10-3-4-10/h9-13H,3-8H2,1-2H3,(H,18,19). The molecule has 0 spiro atoms. The van der Waals surface area contributed by atoms with Gasteiger partial charge in [-0.2, -0.15) is 0 Å². The van der Waals surface area contributed by atoms with Crippen LogP contribution in [0.25, 0.3) is 0 Å². The molecule has 1 heterocycles. The number of amides is 2. The van der Waals surface area contributed by atoms with Gasteiger partial charge < -0.3 is 10.0 Å². The third-order valence-corrected chi connectivity index (χ3v) is 6.12. The first-order chi connectivity index (χ1) is 9.99. The molecule has 0 aromatic carbocycles. The predicted octanol–water partition coefficient (Wildman–Crippen LogP) is 2.46. The minimum absolute atomic E-state index is 0.0148. The molecule has 1 aliphatic heterocycles. The Morgan fingerprint density at radius 1 is 1.29 bits per heavy atom. The van der Waals surface area contributed by atoms with E-state index in [1.54, 1.807) is 16.7 Å². The minimum Gasteiger partial charge on any atom is -0.480 e. The summed E-state index contributed by atoms with van der Waals surface area (Å²) in [6.45, 7) is 4.94. The largest absolute Gasteiger partial charge is 0.480 e. The second-order valence-corrected chi connectivity index (χ2v) is 7.99. The molecule has 6 heteroatoms. The molecule has 0 radical (unpaired) electrons. The van der Waals surface area contributed by atoms with E-state index in [0.29, 0.717) is 17.7 Å². The molecule has 2 aliphatic carbocycles. The Morgan fingerprint density at radius 2 is 1.95 bits per heavy atom. The zero-order valence-corrected chi connectivity index (χ0v) is 13.5. The first kappa shape index (κ1) is 15.0. The molecule has 21 heavy (non-hydrogen) atoms. The average Bonchev–Trinajstić information content (AvgIpc) is 3.32. The molecule has 118 valence electrons. The number of urea groups is 1. The average molecular weight is 312 g/mol. The molecule has 3 rings (SSSR count). The summed E-state index contributed by atoms with van der Waals surface area (Å²) < 4.78 is 0. The summed E-state index contributed by atoms with van der Waals surface area (Å²) in [5.41, 5.74) is 0. The topological polar surface area (TPSA) is 60.9 Å². The van der Waals surface area contributed by atoms with E-state index in [0.717, 1.165) is 19.4 Å². The van der Waals surface area contributed by atoms with Crippen LogP contribution in [0.1, 0.15) is 39.5 Å². The van der Waals surface area contributed by atoms with Gasteiger partial charge >= 0.3 is 12.0 Å². The van der Waals surface area contributed by atoms with E-state index in [1.165, 1.54) is 12.8 Å². The summed E-state index contributed by atoms with van der Waals surface area (Å²) in [6, 6.07) is -0.359. The van der Waals surface area contributed by atoms with Gasteiger partial charge in [-0.15, -0.1) is 11.8 Å². The molecule has 1 saturated heterocycles. The van der Waals surface area contributed by atoms with Crippen LogP contribution in [0.2, 0.25) is 0 Å². The van der Waals surface area contributed by atoms with Gasteiger partial charge in [-0.05, 0) is 37.5 Å². The highest BCUT2D eigenvalue weighted by Crippen LogP contribution is 2.39. The van der Waals surface area contributed by atoms with Gasteiger partial charge in [-0.1, -0.05) is 13.8 Å². The molecule has 0 bridgehead atoms. The van der Waals surface area contributed by atoms with Crippen LogP contribution < -0.4 is 0 Å². The number of hydrogen-bond acceptors (Lipinski definition) is 3. The van der Waals surface area contributed by atoms with Gasteiger partial charge in [-0.3, -0.25) is 4.90 Å². The van der Waals surface area contributed by atoms with Gasteiger partial charge in [0, 0.05) is 18.3 Å². The number of hydrogen-bond donors (Lipinski definition) is 1. The number of carbonyl (C=O) groups excluding carboxylic acids is 1. The van der Waals surface area contributed by atoms with Crippen LogP contribution in [0.3, 0.4) is 0 Å². The molecular formula is C15H24N2O3S. The fourth-order valence-electron chi connectivity index (χ4n) is 2.97. The van der Waals surface area contributed by atoms with Crippen molar-refractivity contribution < 1.29 is 14.7 Å². The van der Waals surface area contributed by atoms with Crippen molar-refractivity contribution in [3.05, 3.63) is 0 Å². The molecule has 2 atom stereocenters. The zero-order chi connectivity index (χ0) is 15.1. The fraction of sp³-hybridized carbons (Fsp3) is 0.867. The highest BCUT2D eigenvalue weighted by atomic mass is 32.2. The Bertz CT molecular complexity index is 435. The van der Waals surface area contributed by atoms with Crippen LogP contribution >= 0.6 is 11.8 Å². The lowest BCUT2D eigenvalue weighted by molar-refractivity contribution is -0.141. The normalized spacial score (nSPS) is 29.0. The van der Waals surface area contributed by atoms with Gasteiger partial charge in [-0.25, -0.2) is 9.59 Å². The van der Waals surface area contributed by atoms with Crippen molar-refractivity contribution in [2.24, 2.45) is 11.8 Å². The van der Waals surface area contributed by atoms with Crippen molar-refractivity contribution in [1.29, 1.82) is 0 Å². The van der Waals surface area contributed by atoms with Crippen LogP contribution in [0.15, 0.2) is 0 Å². The predicted molar refractivity (Wildman–Crippen MR) is 82.2 cm³/mol. The number of carboxylic acids is 1. The number of carbonyl (C=O) groups is 2. The highest BCUT2D eigenvalue weighted by Gasteiger charge is 2.47. The van der Waals surface area contributed by atoms with Crippen LogP contribution in [0.5, 0.6) is 0 Å². The first-order valence-electron chi connectivity index (χ1n) is 7.92. The number of thioether (sulfide) groups is 1. The summed E-state index contributed by atoms with van der Waals surface area (Å²) >= 11 is 1.60. The van der Waals surface area contributed by atoms with Gasteiger partial charge in [0.25, 0.3) is 0 Å². The summed E-state index contributed by atoms with van der Waals surface area (Å²) in [4.78, 5) is 28.1. The van der Waals surface area contributed by atoms with E-state index in [-0.39, 0.29) is 17.3 Å². The molecule has 3 fully saturated rings. The monoisotopic (exact) mass is 312 g/mol. The Balaban J connectivity index is 1.78. The van der Waals surface area contributed by atoms with Crippen molar-refractivity contribution in [2.45, 2.75) is 57.0 Å². The fourth-order valence-corrected chi connectivity index (χ4v) is 4.44. The Kier molecular flexibility index (Phi) is 4.08. The van der Waals surface area contributed by atoms with Crippen LogP contribution in [-0.2, 0) is 4.79 Å². The van der Waals surface area contributed by atoms with Crippen molar-refractivity contribution in [1.82, 2.24) is 9.80 Å². The van der Waals surface area contributed by atoms with E-state index in [2.05, 4.69) is 13.8 Å². The maximum atomic E-state index is 13.0. The lowest BCUT2D eigenvalue weighted by Gasteiger charge is -2.35. The third-order valence-electron chi connectivity index (χ3n) is 4.50. The van der Waals surface area contributed by atoms with E-state index in [4.69, 9.17) is 0 Å². The van der Waals surface area contributed by atoms with Crippen molar-refractivity contribution in [3.63, 3.8) is 0 Å². The van der Waals surface area contributed by atoms with Gasteiger partial charge in [0.05, 0.1) is 5.37 Å². The molecular weight excluding hydrogens is 288 g/mol. The molecule has 2 unspecified atom stereocenters. The maximum Gasteiger partial charge on any atom is 0.327 e. The number of nitrogens with zero attached hydrogens (tertiary/aromatic N) is 2. The third kappa shape index (κ3) is 3.15. The second kappa shape index (κ2) is 5.71. The number of aliphatic carboxylic acids is 1. The minimum atomic E-state index is -0.874. The SMILES string of the molecule is CC(C)C1SCC(C(=O)O)N1C(=O)N(CC1CC1)C1CC1. The Morgan fingerprint density at radius 3 is 2.43 bits per heavy atom. The lowest BCUT2D eigenvalue weighted by atomic mass is 10.1. The molecule has 2 saturated carbocycles. The number of rotatable bonds is 5.